The molecule has 0 aliphatic heterocycles. The largest absolute Gasteiger partial charge is 0.382 e. The van der Waals surface area contributed by atoms with Crippen molar-refractivity contribution in [3.8, 4) is 0 Å². The van der Waals surface area contributed by atoms with E-state index >= 15 is 0 Å². The molecule has 1 aromatic rings. The molecule has 1 N–H and O–H groups in total. The van der Waals surface area contributed by atoms with E-state index in [9.17, 15) is 8.78 Å². The van der Waals surface area contributed by atoms with E-state index in [1.54, 1.807) is 6.07 Å². The zero-order valence-corrected chi connectivity index (χ0v) is 6.95. The number of aliphatic hydroxyl groups excluding tert-OH is 1. The molecule has 0 aliphatic rings. The Morgan fingerprint density at radius 3 is 2.31 bits per heavy atom. The third-order valence-electron chi connectivity index (χ3n) is 1.75. The maximum Gasteiger partial charge on any atom is 0.302 e. The van der Waals surface area contributed by atoms with Gasteiger partial charge in [-0.2, -0.15) is 8.78 Å². The van der Waals surface area contributed by atoms with E-state index < -0.39 is 12.0 Å². The lowest BCUT2D eigenvalue weighted by Gasteiger charge is -2.19. The molecule has 70 valence electrons. The third kappa shape index (κ3) is 1.92. The third-order valence-corrected chi connectivity index (χ3v) is 1.75. The van der Waals surface area contributed by atoms with E-state index in [2.05, 4.69) is 6.58 Å². The molecule has 1 atom stereocenters. The normalized spacial score (nSPS) is 13.8. The molecule has 0 saturated heterocycles. The Bertz CT molecular complexity index is 282. The maximum atomic E-state index is 13.2. The Kier molecular flexibility index (Phi) is 2.78. The van der Waals surface area contributed by atoms with Gasteiger partial charge in [0.25, 0.3) is 0 Å². The highest BCUT2D eigenvalue weighted by Gasteiger charge is 2.38. The molecule has 0 aromatic heterocycles. The smallest absolute Gasteiger partial charge is 0.302 e. The van der Waals surface area contributed by atoms with Crippen molar-refractivity contribution in [2.24, 2.45) is 0 Å². The van der Waals surface area contributed by atoms with Gasteiger partial charge in [0, 0.05) is 5.56 Å². The van der Waals surface area contributed by atoms with Gasteiger partial charge in [0.05, 0.1) is 0 Å². The zero-order valence-electron chi connectivity index (χ0n) is 6.95. The van der Waals surface area contributed by atoms with Crippen LogP contribution in [0.2, 0.25) is 0 Å². The average Bonchev–Trinajstić information content (AvgIpc) is 2.18. The second-order valence-corrected chi connectivity index (χ2v) is 2.67. The molecule has 0 heterocycles. The molecule has 3 heteroatoms. The summed E-state index contributed by atoms with van der Waals surface area (Å²) in [4.78, 5) is 0. The molecule has 0 saturated carbocycles. The molecule has 0 fully saturated rings. The Balaban J connectivity index is 3.00. The van der Waals surface area contributed by atoms with Gasteiger partial charge in [-0.3, -0.25) is 0 Å². The topological polar surface area (TPSA) is 20.2 Å². The number of alkyl halides is 2. The fourth-order valence-corrected chi connectivity index (χ4v) is 0.979. The molecule has 0 amide bonds. The summed E-state index contributed by atoms with van der Waals surface area (Å²) in [6.45, 7) is 3.12. The summed E-state index contributed by atoms with van der Waals surface area (Å²) in [5, 5.41) is 8.97. The predicted molar refractivity (Wildman–Crippen MR) is 46.5 cm³/mol. The lowest BCUT2D eigenvalue weighted by Crippen LogP contribution is -2.28. The van der Waals surface area contributed by atoms with Crippen molar-refractivity contribution in [1.29, 1.82) is 0 Å². The van der Waals surface area contributed by atoms with Crippen molar-refractivity contribution >= 4 is 0 Å². The molecule has 0 aliphatic carbocycles. The van der Waals surface area contributed by atoms with Crippen LogP contribution in [0, 0.1) is 0 Å². The van der Waals surface area contributed by atoms with Crippen molar-refractivity contribution in [3.63, 3.8) is 0 Å². The Morgan fingerprint density at radius 1 is 1.31 bits per heavy atom. The highest BCUT2D eigenvalue weighted by atomic mass is 19.3. The first-order valence-corrected chi connectivity index (χ1v) is 3.83. The number of benzene rings is 1. The van der Waals surface area contributed by atoms with E-state index in [0.29, 0.717) is 0 Å². The van der Waals surface area contributed by atoms with Gasteiger partial charge in [-0.1, -0.05) is 36.4 Å². The second kappa shape index (κ2) is 3.66. The minimum absolute atomic E-state index is 0.206. The van der Waals surface area contributed by atoms with Crippen LogP contribution in [0.4, 0.5) is 8.78 Å². The summed E-state index contributed by atoms with van der Waals surface area (Å²) in [5.41, 5.74) is -0.206. The van der Waals surface area contributed by atoms with Crippen molar-refractivity contribution < 1.29 is 13.9 Å². The van der Waals surface area contributed by atoms with E-state index in [4.69, 9.17) is 5.11 Å². The molecule has 0 spiro atoms. The number of aliphatic hydroxyl groups is 1. The molecule has 1 nitrogen and oxygen atoms in total. The monoisotopic (exact) mass is 184 g/mol. The van der Waals surface area contributed by atoms with Gasteiger partial charge < -0.3 is 5.11 Å². The number of rotatable bonds is 3. The summed E-state index contributed by atoms with van der Waals surface area (Å²) in [5.74, 6) is -3.26. The van der Waals surface area contributed by atoms with Crippen LogP contribution in [0.5, 0.6) is 0 Å². The fourth-order valence-electron chi connectivity index (χ4n) is 0.979. The molecule has 0 radical (unpaired) electrons. The van der Waals surface area contributed by atoms with Gasteiger partial charge in [0.2, 0.25) is 0 Å². The minimum atomic E-state index is -3.26. The minimum Gasteiger partial charge on any atom is -0.382 e. The Hall–Kier alpha value is -1.22. The zero-order chi connectivity index (χ0) is 9.90. The number of hydrogen-bond donors (Lipinski definition) is 1. The van der Waals surface area contributed by atoms with Gasteiger partial charge in [0.15, 0.2) is 0 Å². The van der Waals surface area contributed by atoms with Crippen molar-refractivity contribution in [1.82, 2.24) is 0 Å². The maximum absolute atomic E-state index is 13.2. The van der Waals surface area contributed by atoms with Gasteiger partial charge in [-0.05, 0) is 0 Å². The summed E-state index contributed by atoms with van der Waals surface area (Å²) < 4.78 is 26.5. The summed E-state index contributed by atoms with van der Waals surface area (Å²) in [6.07, 6.45) is -1.01. The van der Waals surface area contributed by atoms with E-state index in [0.717, 1.165) is 6.08 Å². The number of hydrogen-bond acceptors (Lipinski definition) is 1. The molecular formula is C10H10F2O. The van der Waals surface area contributed by atoms with Crippen LogP contribution in [0.1, 0.15) is 5.56 Å². The molecule has 13 heavy (non-hydrogen) atoms. The summed E-state index contributed by atoms with van der Waals surface area (Å²) >= 11 is 0. The van der Waals surface area contributed by atoms with Crippen molar-refractivity contribution in [3.05, 3.63) is 48.6 Å². The van der Waals surface area contributed by atoms with Gasteiger partial charge in [-0.15, -0.1) is 6.58 Å². The Labute approximate surface area is 75.3 Å². The second-order valence-electron chi connectivity index (χ2n) is 2.67. The molecule has 1 rings (SSSR count). The molecule has 1 aromatic carbocycles. The van der Waals surface area contributed by atoms with Crippen LogP contribution in [0.3, 0.4) is 0 Å². The first kappa shape index (κ1) is 9.86. The highest BCUT2D eigenvalue weighted by Crippen LogP contribution is 2.31. The van der Waals surface area contributed by atoms with Gasteiger partial charge in [0.1, 0.15) is 6.10 Å². The van der Waals surface area contributed by atoms with E-state index in [1.165, 1.54) is 24.3 Å². The molecule has 0 bridgehead atoms. The predicted octanol–water partition coefficient (Wildman–Crippen LogP) is 2.33. The highest BCUT2D eigenvalue weighted by molar-refractivity contribution is 5.22. The number of halogens is 2. The summed E-state index contributed by atoms with van der Waals surface area (Å²) in [7, 11) is 0. The van der Waals surface area contributed by atoms with Crippen molar-refractivity contribution in [2.45, 2.75) is 12.0 Å². The van der Waals surface area contributed by atoms with Gasteiger partial charge in [-0.25, -0.2) is 0 Å². The van der Waals surface area contributed by atoms with Gasteiger partial charge >= 0.3 is 5.92 Å². The lowest BCUT2D eigenvalue weighted by atomic mass is 10.0. The lowest BCUT2D eigenvalue weighted by molar-refractivity contribution is -0.0926. The van der Waals surface area contributed by atoms with Crippen LogP contribution in [0.15, 0.2) is 43.0 Å². The van der Waals surface area contributed by atoms with Crippen LogP contribution >= 0.6 is 0 Å². The first-order valence-electron chi connectivity index (χ1n) is 3.83. The van der Waals surface area contributed by atoms with Crippen molar-refractivity contribution in [2.75, 3.05) is 0 Å². The molecule has 1 unspecified atom stereocenters. The van der Waals surface area contributed by atoms with Crippen LogP contribution in [-0.2, 0) is 5.92 Å². The standard InChI is InChI=1S/C10H10F2O/c1-2-9(13)10(11,12)8-6-4-3-5-7-8/h2-7,9,13H,1H2. The molecular weight excluding hydrogens is 174 g/mol. The van der Waals surface area contributed by atoms with E-state index in [-0.39, 0.29) is 5.56 Å². The van der Waals surface area contributed by atoms with Crippen LogP contribution in [-0.4, -0.2) is 11.2 Å². The summed E-state index contributed by atoms with van der Waals surface area (Å²) in [6, 6.07) is 7.18. The van der Waals surface area contributed by atoms with Crippen LogP contribution in [0.25, 0.3) is 0 Å². The SMILES string of the molecule is C=CC(O)C(F)(F)c1ccccc1. The Morgan fingerprint density at radius 2 is 1.85 bits per heavy atom. The average molecular weight is 184 g/mol. The quantitative estimate of drug-likeness (QED) is 0.715. The van der Waals surface area contributed by atoms with E-state index in [1.807, 2.05) is 0 Å². The fraction of sp³-hybridized carbons (Fsp3) is 0.200. The van der Waals surface area contributed by atoms with Crippen LogP contribution < -0.4 is 0 Å². The first-order chi connectivity index (χ1) is 6.09.